The molecule has 0 aromatic rings. The van der Waals surface area contributed by atoms with Crippen LogP contribution < -0.4 is 0 Å². The van der Waals surface area contributed by atoms with E-state index in [4.69, 9.17) is 4.74 Å². The lowest BCUT2D eigenvalue weighted by Gasteiger charge is -2.43. The van der Waals surface area contributed by atoms with Crippen LogP contribution in [0, 0.1) is 17.3 Å². The van der Waals surface area contributed by atoms with Gasteiger partial charge in [-0.3, -0.25) is 0 Å². The van der Waals surface area contributed by atoms with Crippen molar-refractivity contribution in [3.8, 4) is 0 Å². The highest BCUT2D eigenvalue weighted by Gasteiger charge is 2.67. The summed E-state index contributed by atoms with van der Waals surface area (Å²) in [6.45, 7) is 2.13. The second-order valence-electron chi connectivity index (χ2n) is 5.64. The van der Waals surface area contributed by atoms with E-state index in [9.17, 15) is 9.59 Å². The Balaban J connectivity index is 1.99. The van der Waals surface area contributed by atoms with Gasteiger partial charge in [-0.2, -0.15) is 0 Å². The lowest BCUT2D eigenvalue weighted by atomic mass is 9.66. The molecule has 0 aromatic carbocycles. The van der Waals surface area contributed by atoms with E-state index in [0.29, 0.717) is 12.3 Å². The van der Waals surface area contributed by atoms with Crippen molar-refractivity contribution in [1.29, 1.82) is 0 Å². The van der Waals surface area contributed by atoms with E-state index in [1.165, 1.54) is 0 Å². The molecule has 3 nitrogen and oxygen atoms in total. The molecule has 0 spiro atoms. The molecule has 4 rings (SSSR count). The Labute approximate surface area is 89.2 Å². The average Bonchev–Trinajstić information content (AvgIpc) is 2.58. The van der Waals surface area contributed by atoms with Gasteiger partial charge in [0.1, 0.15) is 12.6 Å². The van der Waals surface area contributed by atoms with Crippen LogP contribution in [0.15, 0.2) is 0 Å². The first-order valence-corrected chi connectivity index (χ1v) is 5.71. The van der Waals surface area contributed by atoms with Gasteiger partial charge in [-0.05, 0) is 32.1 Å². The maximum absolute atomic E-state index is 11.4. The minimum Gasteiger partial charge on any atom is -0.371 e. The summed E-state index contributed by atoms with van der Waals surface area (Å²) < 4.78 is 6.01. The first-order chi connectivity index (χ1) is 7.13. The summed E-state index contributed by atoms with van der Waals surface area (Å²) in [4.78, 5) is 22.0. The molecular formula is C12H16O3. The molecule has 0 N–H and O–H groups in total. The fraction of sp³-hybridized carbons (Fsp3) is 0.833. The van der Waals surface area contributed by atoms with Crippen LogP contribution in [-0.2, 0) is 14.3 Å². The highest BCUT2D eigenvalue weighted by molar-refractivity contribution is 5.64. The minimum absolute atomic E-state index is 0.0784. The zero-order chi connectivity index (χ0) is 10.7. The van der Waals surface area contributed by atoms with Crippen molar-refractivity contribution in [2.75, 3.05) is 0 Å². The molecule has 5 unspecified atom stereocenters. The average molecular weight is 208 g/mol. The summed E-state index contributed by atoms with van der Waals surface area (Å²) in [5.74, 6) is 0.676. The fourth-order valence-electron chi connectivity index (χ4n) is 4.26. The SMILES string of the molecule is CC12CC3(C=O)CC1CC(O2)C3CC=O. The lowest BCUT2D eigenvalue weighted by Crippen LogP contribution is -2.46. The third-order valence-electron chi connectivity index (χ3n) is 4.88. The molecule has 4 aliphatic rings. The quantitative estimate of drug-likeness (QED) is 0.657. The normalized spacial score (nSPS) is 55.9. The molecule has 2 aliphatic heterocycles. The second kappa shape index (κ2) is 2.70. The largest absolute Gasteiger partial charge is 0.371 e. The van der Waals surface area contributed by atoms with Crippen molar-refractivity contribution < 1.29 is 14.3 Å². The van der Waals surface area contributed by atoms with Gasteiger partial charge < -0.3 is 14.3 Å². The van der Waals surface area contributed by atoms with Crippen molar-refractivity contribution in [3.63, 3.8) is 0 Å². The minimum atomic E-state index is -0.249. The van der Waals surface area contributed by atoms with E-state index in [-0.39, 0.29) is 23.0 Å². The molecule has 2 heterocycles. The molecule has 0 aromatic heterocycles. The summed E-state index contributed by atoms with van der Waals surface area (Å²) in [7, 11) is 0. The van der Waals surface area contributed by atoms with Gasteiger partial charge in [-0.1, -0.05) is 0 Å². The number of aldehydes is 2. The molecule has 2 saturated heterocycles. The van der Waals surface area contributed by atoms with Crippen LogP contribution in [0.1, 0.15) is 32.6 Å². The van der Waals surface area contributed by atoms with Crippen LogP contribution in [0.2, 0.25) is 0 Å². The first kappa shape index (κ1) is 9.52. The molecule has 2 saturated carbocycles. The summed E-state index contributed by atoms with van der Waals surface area (Å²) in [5, 5.41) is 0. The zero-order valence-corrected chi connectivity index (χ0v) is 8.94. The van der Waals surface area contributed by atoms with Gasteiger partial charge in [-0.25, -0.2) is 0 Å². The molecule has 3 heteroatoms. The van der Waals surface area contributed by atoms with Crippen LogP contribution in [0.4, 0.5) is 0 Å². The molecule has 0 amide bonds. The smallest absolute Gasteiger partial charge is 0.126 e. The Morgan fingerprint density at radius 1 is 1.47 bits per heavy atom. The third kappa shape index (κ3) is 0.996. The molecular weight excluding hydrogens is 192 g/mol. The Bertz CT molecular complexity index is 327. The lowest BCUT2D eigenvalue weighted by molar-refractivity contribution is -0.150. The maximum Gasteiger partial charge on any atom is 0.126 e. The van der Waals surface area contributed by atoms with Gasteiger partial charge in [-0.15, -0.1) is 0 Å². The standard InChI is InChI=1S/C12H16O3/c1-11-6-12(7-14)5-8(11)4-10(15-11)9(12)2-3-13/h3,7-10H,2,4-6H2,1H3. The first-order valence-electron chi connectivity index (χ1n) is 5.71. The van der Waals surface area contributed by atoms with Gasteiger partial charge in [0.05, 0.1) is 11.7 Å². The summed E-state index contributed by atoms with van der Waals surface area (Å²) >= 11 is 0. The van der Waals surface area contributed by atoms with Gasteiger partial charge >= 0.3 is 0 Å². The number of carbonyl (C=O) groups excluding carboxylic acids is 2. The van der Waals surface area contributed by atoms with Crippen LogP contribution in [0.25, 0.3) is 0 Å². The van der Waals surface area contributed by atoms with Crippen LogP contribution in [0.5, 0.6) is 0 Å². The zero-order valence-electron chi connectivity index (χ0n) is 8.94. The van der Waals surface area contributed by atoms with E-state index < -0.39 is 0 Å². The van der Waals surface area contributed by atoms with E-state index in [1.807, 2.05) is 0 Å². The van der Waals surface area contributed by atoms with Gasteiger partial charge in [0, 0.05) is 17.8 Å². The molecule has 4 bridgehead atoms. The van der Waals surface area contributed by atoms with Crippen molar-refractivity contribution in [1.82, 2.24) is 0 Å². The van der Waals surface area contributed by atoms with E-state index in [0.717, 1.165) is 31.8 Å². The van der Waals surface area contributed by atoms with E-state index >= 15 is 0 Å². The van der Waals surface area contributed by atoms with Gasteiger partial charge in [0.15, 0.2) is 0 Å². The highest BCUT2D eigenvalue weighted by Crippen LogP contribution is 2.65. The summed E-state index contributed by atoms with van der Waals surface area (Å²) in [6, 6.07) is 0. The molecule has 2 aliphatic carbocycles. The van der Waals surface area contributed by atoms with Crippen molar-refractivity contribution in [2.45, 2.75) is 44.3 Å². The number of carbonyl (C=O) groups is 2. The maximum atomic E-state index is 11.4. The van der Waals surface area contributed by atoms with Gasteiger partial charge in [0.2, 0.25) is 0 Å². The third-order valence-corrected chi connectivity index (χ3v) is 4.88. The fourth-order valence-corrected chi connectivity index (χ4v) is 4.26. The van der Waals surface area contributed by atoms with E-state index in [2.05, 4.69) is 6.92 Å². The monoisotopic (exact) mass is 208 g/mol. The topological polar surface area (TPSA) is 43.4 Å². The summed E-state index contributed by atoms with van der Waals surface area (Å²) in [5.41, 5.74) is -0.327. The molecule has 82 valence electrons. The number of ether oxygens (including phenoxy) is 1. The molecule has 0 radical (unpaired) electrons. The Morgan fingerprint density at radius 3 is 2.87 bits per heavy atom. The molecule has 15 heavy (non-hydrogen) atoms. The van der Waals surface area contributed by atoms with Crippen LogP contribution in [-0.4, -0.2) is 24.3 Å². The van der Waals surface area contributed by atoms with Crippen LogP contribution >= 0.6 is 0 Å². The Morgan fingerprint density at radius 2 is 2.27 bits per heavy atom. The summed E-state index contributed by atoms with van der Waals surface area (Å²) in [6.07, 6.45) is 5.47. The second-order valence-corrected chi connectivity index (χ2v) is 5.64. The van der Waals surface area contributed by atoms with Crippen molar-refractivity contribution in [2.24, 2.45) is 17.3 Å². The highest BCUT2D eigenvalue weighted by atomic mass is 16.5. The predicted octanol–water partition coefficient (Wildman–Crippen LogP) is 1.35. The Hall–Kier alpha value is -0.700. The molecule has 5 atom stereocenters. The Kier molecular flexibility index (Phi) is 1.71. The van der Waals surface area contributed by atoms with Crippen molar-refractivity contribution in [3.05, 3.63) is 0 Å². The number of rotatable bonds is 3. The van der Waals surface area contributed by atoms with Gasteiger partial charge in [0.25, 0.3) is 0 Å². The number of hydrogen-bond acceptors (Lipinski definition) is 3. The van der Waals surface area contributed by atoms with E-state index in [1.54, 1.807) is 0 Å². The van der Waals surface area contributed by atoms with Crippen molar-refractivity contribution >= 4 is 12.6 Å². The number of hydrogen-bond donors (Lipinski definition) is 0. The van der Waals surface area contributed by atoms with Crippen LogP contribution in [0.3, 0.4) is 0 Å². The molecule has 4 fully saturated rings. The predicted molar refractivity (Wildman–Crippen MR) is 53.3 cm³/mol.